The molecule has 1 aliphatic heterocycles. The van der Waals surface area contributed by atoms with Crippen LogP contribution in [-0.4, -0.2) is 61.1 Å². The number of rotatable bonds is 5. The standard InChI is InChI=1S/C14H21N5O2.HI/c15-14(17-6-4-12-3-1-2-5-16-12)18-11-13(20)19-7-9-21-10-8-19;/h1-3,5H,4,6-11H2,(H3,15,17,18);1H. The van der Waals surface area contributed by atoms with Gasteiger partial charge in [-0.2, -0.15) is 0 Å². The first-order chi connectivity index (χ1) is 10.3. The topological polar surface area (TPSA) is 92.8 Å². The Kier molecular flexibility index (Phi) is 8.75. The molecule has 0 unspecified atom stereocenters. The fraction of sp³-hybridized carbons (Fsp3) is 0.500. The van der Waals surface area contributed by atoms with Gasteiger partial charge in [0.25, 0.3) is 0 Å². The van der Waals surface area contributed by atoms with Gasteiger partial charge in [-0.1, -0.05) is 6.07 Å². The Morgan fingerprint density at radius 2 is 2.18 bits per heavy atom. The Bertz CT molecular complexity index is 477. The van der Waals surface area contributed by atoms with E-state index in [4.69, 9.17) is 10.5 Å². The van der Waals surface area contributed by atoms with Crippen LogP contribution in [0.5, 0.6) is 0 Å². The largest absolute Gasteiger partial charge is 0.378 e. The van der Waals surface area contributed by atoms with Crippen LogP contribution >= 0.6 is 24.0 Å². The van der Waals surface area contributed by atoms with Crippen molar-refractivity contribution < 1.29 is 9.53 Å². The fourth-order valence-corrected chi connectivity index (χ4v) is 1.99. The average molecular weight is 419 g/mol. The van der Waals surface area contributed by atoms with E-state index >= 15 is 0 Å². The summed E-state index contributed by atoms with van der Waals surface area (Å²) < 4.78 is 5.20. The smallest absolute Gasteiger partial charge is 0.244 e. The number of halogens is 1. The lowest BCUT2D eigenvalue weighted by molar-refractivity contribution is -0.133. The highest BCUT2D eigenvalue weighted by atomic mass is 127. The molecule has 1 aromatic rings. The van der Waals surface area contributed by atoms with Gasteiger partial charge in [-0.05, 0) is 12.1 Å². The van der Waals surface area contributed by atoms with Gasteiger partial charge in [-0.15, -0.1) is 24.0 Å². The maximum absolute atomic E-state index is 11.9. The number of carbonyl (C=O) groups is 1. The number of carbonyl (C=O) groups excluding carboxylic acids is 1. The van der Waals surface area contributed by atoms with Gasteiger partial charge in [0.2, 0.25) is 5.91 Å². The summed E-state index contributed by atoms with van der Waals surface area (Å²) in [4.78, 5) is 21.9. The van der Waals surface area contributed by atoms with Crippen LogP contribution in [0.15, 0.2) is 29.4 Å². The predicted octanol–water partition coefficient (Wildman–Crippen LogP) is 0.00520. The summed E-state index contributed by atoms with van der Waals surface area (Å²) >= 11 is 0. The van der Waals surface area contributed by atoms with Crippen molar-refractivity contribution in [1.82, 2.24) is 15.2 Å². The molecular formula is C14H22IN5O2. The zero-order valence-corrected chi connectivity index (χ0v) is 14.7. The maximum Gasteiger partial charge on any atom is 0.244 e. The summed E-state index contributed by atoms with van der Waals surface area (Å²) in [6.45, 7) is 3.14. The van der Waals surface area contributed by atoms with Gasteiger partial charge < -0.3 is 20.7 Å². The minimum absolute atomic E-state index is 0. The van der Waals surface area contributed by atoms with Crippen LogP contribution in [0.2, 0.25) is 0 Å². The van der Waals surface area contributed by atoms with E-state index in [9.17, 15) is 4.79 Å². The number of guanidine groups is 1. The van der Waals surface area contributed by atoms with E-state index in [0.29, 0.717) is 32.8 Å². The van der Waals surface area contributed by atoms with Crippen LogP contribution in [0.3, 0.4) is 0 Å². The third kappa shape index (κ3) is 6.56. The Labute approximate surface area is 147 Å². The van der Waals surface area contributed by atoms with Crippen molar-refractivity contribution in [3.8, 4) is 0 Å². The summed E-state index contributed by atoms with van der Waals surface area (Å²) in [5.41, 5.74) is 6.73. The first-order valence-corrected chi connectivity index (χ1v) is 7.05. The van der Waals surface area contributed by atoms with Crippen molar-refractivity contribution in [3.05, 3.63) is 30.1 Å². The molecule has 1 fully saturated rings. The van der Waals surface area contributed by atoms with Crippen LogP contribution < -0.4 is 11.1 Å². The van der Waals surface area contributed by atoms with Crippen molar-refractivity contribution in [2.75, 3.05) is 39.4 Å². The quantitative estimate of drug-likeness (QED) is 0.399. The molecule has 22 heavy (non-hydrogen) atoms. The molecule has 7 nitrogen and oxygen atoms in total. The number of nitrogens with one attached hydrogen (secondary N) is 1. The van der Waals surface area contributed by atoms with E-state index in [0.717, 1.165) is 12.1 Å². The Balaban J connectivity index is 0.00000242. The molecule has 0 saturated carbocycles. The normalized spacial score (nSPS) is 15.1. The first kappa shape index (κ1) is 18.6. The van der Waals surface area contributed by atoms with Crippen LogP contribution in [-0.2, 0) is 16.0 Å². The fourth-order valence-electron chi connectivity index (χ4n) is 1.99. The molecule has 0 aliphatic carbocycles. The third-order valence-electron chi connectivity index (χ3n) is 3.16. The molecular weight excluding hydrogens is 397 g/mol. The number of aromatic nitrogens is 1. The van der Waals surface area contributed by atoms with Crippen molar-refractivity contribution in [2.24, 2.45) is 10.7 Å². The molecule has 0 radical (unpaired) electrons. The van der Waals surface area contributed by atoms with E-state index in [1.807, 2.05) is 18.2 Å². The Morgan fingerprint density at radius 1 is 1.41 bits per heavy atom. The average Bonchev–Trinajstić information content (AvgIpc) is 2.54. The second-order valence-electron chi connectivity index (χ2n) is 4.69. The number of morpholine rings is 1. The summed E-state index contributed by atoms with van der Waals surface area (Å²) in [5.74, 6) is 0.264. The number of ether oxygens (including phenoxy) is 1. The van der Waals surface area contributed by atoms with Crippen molar-refractivity contribution >= 4 is 35.8 Å². The molecule has 1 aromatic heterocycles. The number of pyridine rings is 1. The second-order valence-corrected chi connectivity index (χ2v) is 4.69. The summed E-state index contributed by atoms with van der Waals surface area (Å²) in [7, 11) is 0. The van der Waals surface area contributed by atoms with E-state index in [2.05, 4.69) is 15.3 Å². The molecule has 0 bridgehead atoms. The van der Waals surface area contributed by atoms with Crippen LogP contribution in [0.25, 0.3) is 0 Å². The van der Waals surface area contributed by atoms with Crippen LogP contribution in [0, 0.1) is 0 Å². The van der Waals surface area contributed by atoms with E-state index in [1.54, 1.807) is 11.1 Å². The Hall–Kier alpha value is -1.42. The summed E-state index contributed by atoms with van der Waals surface area (Å²) in [5, 5.41) is 2.98. The molecule has 2 heterocycles. The molecule has 1 amide bonds. The molecule has 8 heteroatoms. The molecule has 0 atom stereocenters. The zero-order valence-electron chi connectivity index (χ0n) is 12.4. The lowest BCUT2D eigenvalue weighted by atomic mass is 10.3. The van der Waals surface area contributed by atoms with Crippen LogP contribution in [0.4, 0.5) is 0 Å². The van der Waals surface area contributed by atoms with Gasteiger partial charge >= 0.3 is 0 Å². The minimum Gasteiger partial charge on any atom is -0.378 e. The highest BCUT2D eigenvalue weighted by Gasteiger charge is 2.15. The predicted molar refractivity (Wildman–Crippen MR) is 95.2 cm³/mol. The van der Waals surface area contributed by atoms with E-state index < -0.39 is 0 Å². The number of nitrogens with zero attached hydrogens (tertiary/aromatic N) is 3. The van der Waals surface area contributed by atoms with Crippen molar-refractivity contribution in [3.63, 3.8) is 0 Å². The molecule has 1 saturated heterocycles. The summed E-state index contributed by atoms with van der Waals surface area (Å²) in [6, 6.07) is 5.78. The Morgan fingerprint density at radius 3 is 2.86 bits per heavy atom. The van der Waals surface area contributed by atoms with Gasteiger partial charge in [0.15, 0.2) is 5.96 Å². The lowest BCUT2D eigenvalue weighted by Crippen LogP contribution is -2.42. The van der Waals surface area contributed by atoms with E-state index in [-0.39, 0.29) is 42.4 Å². The van der Waals surface area contributed by atoms with Gasteiger partial charge in [0.1, 0.15) is 6.54 Å². The minimum atomic E-state index is -0.0206. The van der Waals surface area contributed by atoms with E-state index in [1.165, 1.54) is 0 Å². The highest BCUT2D eigenvalue weighted by molar-refractivity contribution is 14.0. The zero-order chi connectivity index (χ0) is 14.9. The number of hydrogen-bond donors (Lipinski definition) is 2. The number of hydrogen-bond acceptors (Lipinski definition) is 4. The molecule has 1 aliphatic rings. The molecule has 0 aromatic carbocycles. The first-order valence-electron chi connectivity index (χ1n) is 7.05. The SMILES string of the molecule is I.NC(=NCC(=O)N1CCOCC1)NCCc1ccccn1. The number of amides is 1. The highest BCUT2D eigenvalue weighted by Crippen LogP contribution is 1.97. The molecule has 0 spiro atoms. The van der Waals surface area contributed by atoms with Crippen molar-refractivity contribution in [2.45, 2.75) is 6.42 Å². The van der Waals surface area contributed by atoms with Gasteiger partial charge in [-0.3, -0.25) is 9.78 Å². The van der Waals surface area contributed by atoms with Gasteiger partial charge in [0.05, 0.1) is 13.2 Å². The monoisotopic (exact) mass is 419 g/mol. The molecule has 122 valence electrons. The van der Waals surface area contributed by atoms with Crippen molar-refractivity contribution in [1.29, 1.82) is 0 Å². The molecule has 2 rings (SSSR count). The van der Waals surface area contributed by atoms with Crippen LogP contribution in [0.1, 0.15) is 5.69 Å². The van der Waals surface area contributed by atoms with Gasteiger partial charge in [0, 0.05) is 37.9 Å². The second kappa shape index (κ2) is 10.3. The molecule has 3 N–H and O–H groups in total. The number of aliphatic imine (C=N–C) groups is 1. The summed E-state index contributed by atoms with van der Waals surface area (Å²) in [6.07, 6.45) is 2.52. The maximum atomic E-state index is 11.9. The van der Waals surface area contributed by atoms with Gasteiger partial charge in [-0.25, -0.2) is 4.99 Å². The lowest BCUT2D eigenvalue weighted by Gasteiger charge is -2.26. The third-order valence-corrected chi connectivity index (χ3v) is 3.16. The number of nitrogens with two attached hydrogens (primary N) is 1.